The molecule has 7 nitrogen and oxygen atoms in total. The summed E-state index contributed by atoms with van der Waals surface area (Å²) in [6, 6.07) is 9.24. The molecule has 0 saturated carbocycles. The normalized spacial score (nSPS) is 18.8. The van der Waals surface area contributed by atoms with Crippen molar-refractivity contribution in [1.82, 2.24) is 4.98 Å². The summed E-state index contributed by atoms with van der Waals surface area (Å²) >= 11 is 0. The summed E-state index contributed by atoms with van der Waals surface area (Å²) in [5.41, 5.74) is 6.13. The molecule has 1 aromatic carbocycles. The average Bonchev–Trinajstić information content (AvgIpc) is 2.69. The van der Waals surface area contributed by atoms with Crippen LogP contribution in [0.3, 0.4) is 0 Å². The van der Waals surface area contributed by atoms with Crippen LogP contribution in [-0.2, 0) is 10.3 Å². The van der Waals surface area contributed by atoms with Gasteiger partial charge in [0, 0.05) is 23.9 Å². The largest absolute Gasteiger partial charge is 0.465 e. The number of anilines is 1. The topological polar surface area (TPSA) is 113 Å². The molecule has 8 heteroatoms. The van der Waals surface area contributed by atoms with Gasteiger partial charge in [0.1, 0.15) is 17.6 Å². The van der Waals surface area contributed by atoms with Gasteiger partial charge in [-0.25, -0.2) is 14.4 Å². The van der Waals surface area contributed by atoms with Gasteiger partial charge in [-0.1, -0.05) is 6.92 Å². The predicted molar refractivity (Wildman–Crippen MR) is 97.5 cm³/mol. The van der Waals surface area contributed by atoms with E-state index in [9.17, 15) is 9.18 Å². The van der Waals surface area contributed by atoms with E-state index < -0.39 is 17.3 Å². The molecule has 1 aromatic heterocycles. The fourth-order valence-electron chi connectivity index (χ4n) is 3.01. The van der Waals surface area contributed by atoms with Gasteiger partial charge in [-0.15, -0.1) is 0 Å². The number of halogens is 1. The third kappa shape index (κ3) is 3.72. The minimum absolute atomic E-state index is 0.0266. The average molecular weight is 367 g/mol. The Bertz CT molecular complexity index is 936. The fraction of sp³-hybridized carbons (Fsp3) is 0.263. The molecule has 0 aliphatic carbocycles. The molecule has 0 bridgehead atoms. The second kappa shape index (κ2) is 7.41. The van der Waals surface area contributed by atoms with Gasteiger partial charge in [-0.2, -0.15) is 5.26 Å². The van der Waals surface area contributed by atoms with Crippen LogP contribution in [0.2, 0.25) is 0 Å². The van der Waals surface area contributed by atoms with Crippen LogP contribution >= 0.6 is 0 Å². The molecule has 0 unspecified atom stereocenters. The predicted octanol–water partition coefficient (Wildman–Crippen LogP) is 2.68. The zero-order valence-electron chi connectivity index (χ0n) is 14.7. The fourth-order valence-corrected chi connectivity index (χ4v) is 3.01. The number of carbonyl (C=O) groups excluding carboxylic acids is 1. The molecular formula is C19H18FN5O2. The molecule has 138 valence electrons. The molecule has 1 aliphatic rings. The Morgan fingerprint density at radius 3 is 2.89 bits per heavy atom. The zero-order valence-corrected chi connectivity index (χ0v) is 14.7. The smallest absolute Gasteiger partial charge is 0.282 e. The first kappa shape index (κ1) is 18.3. The molecule has 2 aromatic rings. The summed E-state index contributed by atoms with van der Waals surface area (Å²) in [7, 11) is 0. The number of nitriles is 1. The van der Waals surface area contributed by atoms with Gasteiger partial charge in [-0.05, 0) is 36.8 Å². The number of carbonyl (C=O) groups is 1. The van der Waals surface area contributed by atoms with Crippen molar-refractivity contribution in [3.05, 3.63) is 59.2 Å². The van der Waals surface area contributed by atoms with Gasteiger partial charge < -0.3 is 15.8 Å². The van der Waals surface area contributed by atoms with Gasteiger partial charge in [0.25, 0.3) is 11.9 Å². The molecule has 0 fully saturated rings. The summed E-state index contributed by atoms with van der Waals surface area (Å²) in [5, 5.41) is 11.5. The molecule has 3 N–H and O–H groups in total. The number of hydrogen-bond acceptors (Lipinski definition) is 6. The maximum Gasteiger partial charge on any atom is 0.282 e. The number of nitrogens with one attached hydrogen (secondary N) is 1. The molecule has 1 atom stereocenters. The van der Waals surface area contributed by atoms with Crippen molar-refractivity contribution in [3.63, 3.8) is 0 Å². The Kier molecular flexibility index (Phi) is 5.03. The Hall–Kier alpha value is -3.47. The Morgan fingerprint density at radius 1 is 1.44 bits per heavy atom. The second-order valence-electron chi connectivity index (χ2n) is 6.13. The highest BCUT2D eigenvalue weighted by molar-refractivity contribution is 6.02. The second-order valence-corrected chi connectivity index (χ2v) is 6.13. The Balaban J connectivity index is 1.90. The summed E-state index contributed by atoms with van der Waals surface area (Å²) in [6.07, 6.45) is 2.33. The molecule has 0 spiro atoms. The lowest BCUT2D eigenvalue weighted by atomic mass is 9.84. The van der Waals surface area contributed by atoms with Crippen LogP contribution in [0.15, 0.2) is 41.5 Å². The molecule has 1 aliphatic heterocycles. The van der Waals surface area contributed by atoms with Crippen molar-refractivity contribution >= 4 is 17.6 Å². The summed E-state index contributed by atoms with van der Waals surface area (Å²) in [4.78, 5) is 20.7. The van der Waals surface area contributed by atoms with E-state index in [2.05, 4.69) is 15.3 Å². The molecule has 3 rings (SSSR count). The number of pyridine rings is 1. The van der Waals surface area contributed by atoms with Crippen molar-refractivity contribution < 1.29 is 13.9 Å². The van der Waals surface area contributed by atoms with E-state index in [-0.39, 0.29) is 11.7 Å². The standard InChI is InChI=1S/C19H18FN5O2/c1-2-19(7-8-27-18(22)25-19)14-9-13(4-5-15(14)20)24-17(26)16-6-3-12(10-21)11-23-16/h3-6,9,11H,2,7-8H2,1H3,(H2,22,25)(H,24,26)/t19-/m0/s1. The minimum atomic E-state index is -0.833. The SMILES string of the molecule is CC[C@@]1(c2cc(NC(=O)c3ccc(C#N)cn3)ccc2F)CCOC(N)=N1. The first-order valence-corrected chi connectivity index (χ1v) is 8.43. The summed E-state index contributed by atoms with van der Waals surface area (Å²) < 4.78 is 19.7. The molecule has 0 radical (unpaired) electrons. The van der Waals surface area contributed by atoms with Gasteiger partial charge in [0.15, 0.2) is 0 Å². The lowest BCUT2D eigenvalue weighted by Gasteiger charge is -2.33. The van der Waals surface area contributed by atoms with Crippen molar-refractivity contribution in [2.75, 3.05) is 11.9 Å². The maximum atomic E-state index is 14.6. The van der Waals surface area contributed by atoms with Gasteiger partial charge >= 0.3 is 0 Å². The van der Waals surface area contributed by atoms with Crippen LogP contribution in [0, 0.1) is 17.1 Å². The molecule has 27 heavy (non-hydrogen) atoms. The zero-order chi connectivity index (χ0) is 19.4. The maximum absolute atomic E-state index is 14.6. The monoisotopic (exact) mass is 367 g/mol. The number of aliphatic imine (C=N–C) groups is 1. The van der Waals surface area contributed by atoms with Crippen molar-refractivity contribution in [3.8, 4) is 6.07 Å². The molecule has 2 heterocycles. The van der Waals surface area contributed by atoms with E-state index in [0.29, 0.717) is 36.3 Å². The number of nitrogens with zero attached hydrogens (tertiary/aromatic N) is 3. The van der Waals surface area contributed by atoms with Gasteiger partial charge in [0.2, 0.25) is 0 Å². The van der Waals surface area contributed by atoms with Crippen LogP contribution in [0.1, 0.15) is 41.4 Å². The van der Waals surface area contributed by atoms with E-state index in [0.717, 1.165) is 0 Å². The third-order valence-electron chi connectivity index (χ3n) is 4.53. The van der Waals surface area contributed by atoms with Crippen LogP contribution in [-0.4, -0.2) is 23.5 Å². The number of benzene rings is 1. The number of aromatic nitrogens is 1. The van der Waals surface area contributed by atoms with E-state index in [1.165, 1.54) is 30.5 Å². The highest BCUT2D eigenvalue weighted by Gasteiger charge is 2.36. The van der Waals surface area contributed by atoms with E-state index >= 15 is 0 Å². The highest BCUT2D eigenvalue weighted by Crippen LogP contribution is 2.38. The Morgan fingerprint density at radius 2 is 2.26 bits per heavy atom. The summed E-state index contributed by atoms with van der Waals surface area (Å²) in [5.74, 6) is -0.887. The number of hydrogen-bond donors (Lipinski definition) is 2. The number of rotatable bonds is 4. The number of amides is 1. The Labute approximate surface area is 155 Å². The highest BCUT2D eigenvalue weighted by atomic mass is 19.1. The van der Waals surface area contributed by atoms with E-state index in [1.807, 2.05) is 13.0 Å². The van der Waals surface area contributed by atoms with Crippen molar-refractivity contribution in [1.29, 1.82) is 5.26 Å². The van der Waals surface area contributed by atoms with Crippen molar-refractivity contribution in [2.24, 2.45) is 10.7 Å². The first-order valence-electron chi connectivity index (χ1n) is 8.43. The van der Waals surface area contributed by atoms with Gasteiger partial charge in [-0.3, -0.25) is 4.79 Å². The van der Waals surface area contributed by atoms with Crippen LogP contribution in [0.4, 0.5) is 10.1 Å². The lowest BCUT2D eigenvalue weighted by molar-refractivity contribution is 0.102. The number of nitrogens with two attached hydrogens (primary N) is 1. The van der Waals surface area contributed by atoms with Crippen molar-refractivity contribution in [2.45, 2.75) is 25.3 Å². The van der Waals surface area contributed by atoms with Crippen LogP contribution in [0.25, 0.3) is 0 Å². The van der Waals surface area contributed by atoms with Gasteiger partial charge in [0.05, 0.1) is 17.7 Å². The van der Waals surface area contributed by atoms with Crippen LogP contribution < -0.4 is 11.1 Å². The van der Waals surface area contributed by atoms with Crippen LogP contribution in [0.5, 0.6) is 0 Å². The summed E-state index contributed by atoms with van der Waals surface area (Å²) in [6.45, 7) is 2.24. The molecule has 0 saturated heterocycles. The first-order chi connectivity index (χ1) is 13.0. The number of amidine groups is 1. The molecule has 1 amide bonds. The third-order valence-corrected chi connectivity index (χ3v) is 4.53. The van der Waals surface area contributed by atoms with E-state index in [1.54, 1.807) is 6.07 Å². The minimum Gasteiger partial charge on any atom is -0.465 e. The quantitative estimate of drug-likeness (QED) is 0.862. The number of ether oxygens (including phenoxy) is 1. The van der Waals surface area contributed by atoms with E-state index in [4.69, 9.17) is 15.7 Å². The lowest BCUT2D eigenvalue weighted by Crippen LogP contribution is -2.36. The molecular weight excluding hydrogens is 349 g/mol.